The highest BCUT2D eigenvalue weighted by molar-refractivity contribution is 5.79. The number of nitrogens with one attached hydrogen (secondary N) is 2. The zero-order valence-electron chi connectivity index (χ0n) is 16.2. The van der Waals surface area contributed by atoms with Gasteiger partial charge < -0.3 is 20.1 Å². The molecule has 1 fully saturated rings. The van der Waals surface area contributed by atoms with Crippen LogP contribution >= 0.6 is 0 Å². The number of carbonyl (C=O) groups excluding carboxylic acids is 2. The van der Waals surface area contributed by atoms with E-state index in [4.69, 9.17) is 4.52 Å². The van der Waals surface area contributed by atoms with E-state index < -0.39 is 0 Å². The number of pyridine rings is 1. The summed E-state index contributed by atoms with van der Waals surface area (Å²) >= 11 is 0. The molecule has 2 aromatic rings. The standard InChI is InChI=1S/C19H26N6O3/c1-13(2)9-16-23-18(28-24-16)10-21-19(27)25(11-14-5-7-20-8-6-14)12-15-3-4-17(26)22-15/h5-8,13,15H,3-4,9-12H2,1-2H3,(H,21,27)(H,22,26)/t15-/m0/s1. The first-order chi connectivity index (χ1) is 13.5. The average Bonchev–Trinajstić information content (AvgIpc) is 3.28. The number of hydrogen-bond donors (Lipinski definition) is 2. The molecule has 0 aromatic carbocycles. The lowest BCUT2D eigenvalue weighted by molar-refractivity contribution is -0.119. The van der Waals surface area contributed by atoms with Gasteiger partial charge in [0.1, 0.15) is 0 Å². The lowest BCUT2D eigenvalue weighted by atomic mass is 10.1. The molecule has 3 heterocycles. The van der Waals surface area contributed by atoms with Gasteiger partial charge in [0.15, 0.2) is 5.82 Å². The number of rotatable bonds is 8. The van der Waals surface area contributed by atoms with Crippen molar-refractivity contribution in [3.8, 4) is 0 Å². The second-order valence-electron chi connectivity index (χ2n) is 7.40. The molecule has 0 unspecified atom stereocenters. The normalized spacial score (nSPS) is 16.2. The second-order valence-corrected chi connectivity index (χ2v) is 7.40. The highest BCUT2D eigenvalue weighted by atomic mass is 16.5. The van der Waals surface area contributed by atoms with E-state index in [2.05, 4.69) is 39.6 Å². The summed E-state index contributed by atoms with van der Waals surface area (Å²) in [5, 5.41) is 9.67. The van der Waals surface area contributed by atoms with E-state index in [-0.39, 0.29) is 24.5 Å². The van der Waals surface area contributed by atoms with Gasteiger partial charge in [-0.1, -0.05) is 19.0 Å². The molecule has 9 heteroatoms. The predicted octanol–water partition coefficient (Wildman–Crippen LogP) is 1.65. The highest BCUT2D eigenvalue weighted by Crippen LogP contribution is 2.12. The topological polar surface area (TPSA) is 113 Å². The number of hydrogen-bond acceptors (Lipinski definition) is 6. The van der Waals surface area contributed by atoms with Crippen molar-refractivity contribution in [2.24, 2.45) is 5.92 Å². The Kier molecular flexibility index (Phi) is 6.57. The van der Waals surface area contributed by atoms with E-state index in [1.165, 1.54) is 0 Å². The second kappa shape index (κ2) is 9.29. The molecule has 0 aliphatic carbocycles. The van der Waals surface area contributed by atoms with Crippen molar-refractivity contribution in [2.45, 2.75) is 52.2 Å². The number of aromatic nitrogens is 3. The van der Waals surface area contributed by atoms with E-state index in [0.29, 0.717) is 37.1 Å². The number of amides is 3. The Morgan fingerprint density at radius 3 is 2.86 bits per heavy atom. The van der Waals surface area contributed by atoms with Gasteiger partial charge >= 0.3 is 6.03 Å². The van der Waals surface area contributed by atoms with Crippen LogP contribution < -0.4 is 10.6 Å². The van der Waals surface area contributed by atoms with Crippen LogP contribution in [0.4, 0.5) is 4.79 Å². The molecule has 1 saturated heterocycles. The SMILES string of the molecule is CC(C)Cc1noc(CNC(=O)N(Cc2ccncc2)C[C@@H]2CCC(=O)N2)n1. The van der Waals surface area contributed by atoms with Crippen molar-refractivity contribution in [3.05, 3.63) is 41.8 Å². The summed E-state index contributed by atoms with van der Waals surface area (Å²) in [7, 11) is 0. The molecule has 28 heavy (non-hydrogen) atoms. The van der Waals surface area contributed by atoms with Crippen LogP contribution in [0.25, 0.3) is 0 Å². The van der Waals surface area contributed by atoms with Crippen molar-refractivity contribution in [1.29, 1.82) is 0 Å². The molecule has 2 aromatic heterocycles. The fourth-order valence-electron chi connectivity index (χ4n) is 3.08. The summed E-state index contributed by atoms with van der Waals surface area (Å²) in [4.78, 5) is 34.2. The number of carbonyl (C=O) groups is 2. The molecule has 1 atom stereocenters. The minimum absolute atomic E-state index is 0.0258. The smallest absolute Gasteiger partial charge is 0.318 e. The fourth-order valence-corrected chi connectivity index (χ4v) is 3.08. The Bertz CT molecular complexity index is 792. The van der Waals surface area contributed by atoms with Gasteiger partial charge in [-0.3, -0.25) is 9.78 Å². The zero-order valence-corrected chi connectivity index (χ0v) is 16.2. The van der Waals surface area contributed by atoms with Crippen LogP contribution in [-0.4, -0.2) is 44.5 Å². The lowest BCUT2D eigenvalue weighted by Crippen LogP contribution is -2.45. The van der Waals surface area contributed by atoms with E-state index in [9.17, 15) is 9.59 Å². The van der Waals surface area contributed by atoms with Crippen molar-refractivity contribution in [2.75, 3.05) is 6.54 Å². The molecule has 150 valence electrons. The Labute approximate surface area is 163 Å². The van der Waals surface area contributed by atoms with Crippen LogP contribution in [0.1, 0.15) is 44.0 Å². The minimum atomic E-state index is -0.249. The highest BCUT2D eigenvalue weighted by Gasteiger charge is 2.25. The van der Waals surface area contributed by atoms with Gasteiger partial charge in [-0.25, -0.2) is 4.79 Å². The molecule has 1 aliphatic heterocycles. The van der Waals surface area contributed by atoms with Gasteiger partial charge in [-0.05, 0) is 30.0 Å². The molecule has 0 radical (unpaired) electrons. The molecule has 0 bridgehead atoms. The molecule has 3 amide bonds. The van der Waals surface area contributed by atoms with Crippen molar-refractivity contribution < 1.29 is 14.1 Å². The first kappa shape index (κ1) is 19.8. The zero-order chi connectivity index (χ0) is 19.9. The third-order valence-electron chi connectivity index (χ3n) is 4.43. The average molecular weight is 386 g/mol. The maximum absolute atomic E-state index is 12.8. The van der Waals surface area contributed by atoms with Gasteiger partial charge in [0, 0.05) is 44.4 Å². The molecule has 3 rings (SSSR count). The minimum Gasteiger partial charge on any atom is -0.352 e. The summed E-state index contributed by atoms with van der Waals surface area (Å²) < 4.78 is 5.20. The van der Waals surface area contributed by atoms with Gasteiger partial charge in [-0.15, -0.1) is 0 Å². The van der Waals surface area contributed by atoms with E-state index in [0.717, 1.165) is 18.4 Å². The Hall–Kier alpha value is -2.97. The number of nitrogens with zero attached hydrogens (tertiary/aromatic N) is 4. The largest absolute Gasteiger partial charge is 0.352 e. The maximum atomic E-state index is 12.8. The Morgan fingerprint density at radius 1 is 1.39 bits per heavy atom. The lowest BCUT2D eigenvalue weighted by Gasteiger charge is -2.26. The van der Waals surface area contributed by atoms with Crippen LogP contribution in [0.3, 0.4) is 0 Å². The van der Waals surface area contributed by atoms with Crippen LogP contribution in [0, 0.1) is 5.92 Å². The summed E-state index contributed by atoms with van der Waals surface area (Å²) in [5.74, 6) is 1.47. The Morgan fingerprint density at radius 2 is 2.18 bits per heavy atom. The van der Waals surface area contributed by atoms with Gasteiger partial charge in [0.25, 0.3) is 0 Å². The molecular formula is C19H26N6O3. The molecule has 9 nitrogen and oxygen atoms in total. The first-order valence-corrected chi connectivity index (χ1v) is 9.52. The molecular weight excluding hydrogens is 360 g/mol. The fraction of sp³-hybridized carbons (Fsp3) is 0.526. The summed E-state index contributed by atoms with van der Waals surface area (Å²) in [6.07, 6.45) is 5.33. The van der Waals surface area contributed by atoms with E-state index >= 15 is 0 Å². The van der Waals surface area contributed by atoms with Crippen LogP contribution in [0.2, 0.25) is 0 Å². The monoisotopic (exact) mass is 386 g/mol. The molecule has 0 spiro atoms. The first-order valence-electron chi connectivity index (χ1n) is 9.52. The van der Waals surface area contributed by atoms with Crippen molar-refractivity contribution >= 4 is 11.9 Å². The Balaban J connectivity index is 1.60. The molecule has 1 aliphatic rings. The molecule has 2 N–H and O–H groups in total. The van der Waals surface area contributed by atoms with E-state index in [1.807, 2.05) is 12.1 Å². The van der Waals surface area contributed by atoms with Crippen LogP contribution in [0.15, 0.2) is 29.0 Å². The van der Waals surface area contributed by atoms with Crippen molar-refractivity contribution in [3.63, 3.8) is 0 Å². The van der Waals surface area contributed by atoms with Gasteiger partial charge in [0.05, 0.1) is 6.54 Å². The number of urea groups is 1. The summed E-state index contributed by atoms with van der Waals surface area (Å²) in [6, 6.07) is 3.44. The third kappa shape index (κ3) is 5.77. The van der Waals surface area contributed by atoms with Crippen molar-refractivity contribution in [1.82, 2.24) is 30.7 Å². The van der Waals surface area contributed by atoms with Crippen LogP contribution in [-0.2, 0) is 24.3 Å². The predicted molar refractivity (Wildman–Crippen MR) is 101 cm³/mol. The van der Waals surface area contributed by atoms with Gasteiger partial charge in [0.2, 0.25) is 11.8 Å². The quantitative estimate of drug-likeness (QED) is 0.713. The summed E-state index contributed by atoms with van der Waals surface area (Å²) in [6.45, 7) is 5.17. The maximum Gasteiger partial charge on any atom is 0.318 e. The van der Waals surface area contributed by atoms with Crippen LogP contribution in [0.5, 0.6) is 0 Å². The molecule has 0 saturated carbocycles. The van der Waals surface area contributed by atoms with E-state index in [1.54, 1.807) is 17.3 Å². The third-order valence-corrected chi connectivity index (χ3v) is 4.43. The van der Waals surface area contributed by atoms with Gasteiger partial charge in [-0.2, -0.15) is 4.98 Å². The summed E-state index contributed by atoms with van der Waals surface area (Å²) in [5.41, 5.74) is 0.964.